The first-order valence-electron chi connectivity index (χ1n) is 7.27. The van der Waals surface area contributed by atoms with Gasteiger partial charge in [-0.2, -0.15) is 0 Å². The molecular formula is C16H22BrNO2. The summed E-state index contributed by atoms with van der Waals surface area (Å²) in [6.07, 6.45) is 2.41. The number of nitrogens with zero attached hydrogens (tertiary/aromatic N) is 1. The average molecular weight is 340 g/mol. The first kappa shape index (κ1) is 15.7. The summed E-state index contributed by atoms with van der Waals surface area (Å²) in [5.41, 5.74) is 0.785. The lowest BCUT2D eigenvalue weighted by molar-refractivity contribution is 0.00677. The largest absolute Gasteiger partial charge is 0.378 e. The van der Waals surface area contributed by atoms with E-state index in [9.17, 15) is 4.79 Å². The van der Waals surface area contributed by atoms with Gasteiger partial charge in [-0.3, -0.25) is 9.69 Å². The van der Waals surface area contributed by atoms with E-state index in [-0.39, 0.29) is 11.8 Å². The van der Waals surface area contributed by atoms with E-state index in [1.54, 1.807) is 0 Å². The molecule has 0 bridgehead atoms. The zero-order chi connectivity index (χ0) is 14.5. The second kappa shape index (κ2) is 7.34. The summed E-state index contributed by atoms with van der Waals surface area (Å²) in [6.45, 7) is 6.69. The van der Waals surface area contributed by atoms with Gasteiger partial charge in [-0.05, 0) is 38.8 Å². The Morgan fingerprint density at radius 3 is 2.50 bits per heavy atom. The molecular weight excluding hydrogens is 318 g/mol. The number of Topliss-reactive ketones (excluding diaryl/α,β-unsaturated/α-hetero) is 1. The molecule has 1 aliphatic heterocycles. The topological polar surface area (TPSA) is 29.5 Å². The molecule has 4 heteroatoms. The van der Waals surface area contributed by atoms with Crippen LogP contribution in [0.15, 0.2) is 28.7 Å². The van der Waals surface area contributed by atoms with Gasteiger partial charge in [-0.15, -0.1) is 0 Å². The molecule has 1 unspecified atom stereocenters. The number of piperidine rings is 1. The maximum atomic E-state index is 12.5. The SMILES string of the molecule is CCOC1CCN(C(C)C(=O)c2ccc(Br)cc2)CC1. The van der Waals surface area contributed by atoms with E-state index < -0.39 is 0 Å². The summed E-state index contributed by atoms with van der Waals surface area (Å²) < 4.78 is 6.65. The zero-order valence-corrected chi connectivity index (χ0v) is 13.7. The molecule has 1 heterocycles. The third-order valence-electron chi connectivity index (χ3n) is 3.93. The molecule has 20 heavy (non-hydrogen) atoms. The van der Waals surface area contributed by atoms with Gasteiger partial charge in [0.15, 0.2) is 5.78 Å². The van der Waals surface area contributed by atoms with E-state index in [1.165, 1.54) is 0 Å². The Kier molecular flexibility index (Phi) is 5.75. The minimum absolute atomic E-state index is 0.0567. The van der Waals surface area contributed by atoms with Crippen molar-refractivity contribution in [1.29, 1.82) is 0 Å². The molecule has 0 aliphatic carbocycles. The number of likely N-dealkylation sites (tertiary alicyclic amines) is 1. The fraction of sp³-hybridized carbons (Fsp3) is 0.562. The summed E-state index contributed by atoms with van der Waals surface area (Å²) >= 11 is 3.39. The zero-order valence-electron chi connectivity index (χ0n) is 12.1. The maximum absolute atomic E-state index is 12.5. The van der Waals surface area contributed by atoms with Crippen molar-refractivity contribution in [2.75, 3.05) is 19.7 Å². The Morgan fingerprint density at radius 1 is 1.35 bits per heavy atom. The highest BCUT2D eigenvalue weighted by molar-refractivity contribution is 9.10. The van der Waals surface area contributed by atoms with Crippen molar-refractivity contribution in [2.45, 2.75) is 38.8 Å². The molecule has 110 valence electrons. The van der Waals surface area contributed by atoms with Crippen LogP contribution in [0.3, 0.4) is 0 Å². The summed E-state index contributed by atoms with van der Waals surface area (Å²) in [7, 11) is 0. The van der Waals surface area contributed by atoms with Crippen molar-refractivity contribution in [1.82, 2.24) is 4.90 Å². The summed E-state index contributed by atoms with van der Waals surface area (Å²) in [5.74, 6) is 0.201. The van der Waals surface area contributed by atoms with Gasteiger partial charge in [0.05, 0.1) is 12.1 Å². The number of hydrogen-bond donors (Lipinski definition) is 0. The number of hydrogen-bond acceptors (Lipinski definition) is 3. The third kappa shape index (κ3) is 3.90. The second-order valence-electron chi connectivity index (χ2n) is 5.24. The van der Waals surface area contributed by atoms with Gasteiger partial charge in [-0.25, -0.2) is 0 Å². The Labute approximate surface area is 129 Å². The molecule has 0 saturated carbocycles. The van der Waals surface area contributed by atoms with Crippen LogP contribution in [0.2, 0.25) is 0 Å². The monoisotopic (exact) mass is 339 g/mol. The highest BCUT2D eigenvalue weighted by Gasteiger charge is 2.27. The molecule has 0 radical (unpaired) electrons. The van der Waals surface area contributed by atoms with Gasteiger partial charge in [-0.1, -0.05) is 28.1 Å². The van der Waals surface area contributed by atoms with Gasteiger partial charge in [0.1, 0.15) is 0 Å². The Morgan fingerprint density at radius 2 is 1.95 bits per heavy atom. The van der Waals surface area contributed by atoms with Gasteiger partial charge in [0, 0.05) is 29.7 Å². The predicted molar refractivity (Wildman–Crippen MR) is 84.2 cm³/mol. The molecule has 0 spiro atoms. The van der Waals surface area contributed by atoms with E-state index in [4.69, 9.17) is 4.74 Å². The minimum Gasteiger partial charge on any atom is -0.378 e. The fourth-order valence-electron chi connectivity index (χ4n) is 2.69. The van der Waals surface area contributed by atoms with Gasteiger partial charge >= 0.3 is 0 Å². The maximum Gasteiger partial charge on any atom is 0.179 e. The Balaban J connectivity index is 1.93. The summed E-state index contributed by atoms with van der Waals surface area (Å²) in [4.78, 5) is 14.7. The number of rotatable bonds is 5. The number of benzene rings is 1. The van der Waals surface area contributed by atoms with Crippen LogP contribution in [-0.2, 0) is 4.74 Å². The smallest absolute Gasteiger partial charge is 0.179 e. The number of ether oxygens (including phenoxy) is 1. The molecule has 1 aromatic carbocycles. The van der Waals surface area contributed by atoms with Gasteiger partial charge in [0.2, 0.25) is 0 Å². The number of ketones is 1. The number of halogens is 1. The molecule has 3 nitrogen and oxygen atoms in total. The van der Waals surface area contributed by atoms with Crippen LogP contribution in [0.25, 0.3) is 0 Å². The van der Waals surface area contributed by atoms with Gasteiger partial charge in [0.25, 0.3) is 0 Å². The van der Waals surface area contributed by atoms with E-state index in [0.29, 0.717) is 6.10 Å². The lowest BCUT2D eigenvalue weighted by atomic mass is 10.0. The summed E-state index contributed by atoms with van der Waals surface area (Å²) in [5, 5.41) is 0. The van der Waals surface area contributed by atoms with E-state index in [0.717, 1.165) is 42.6 Å². The quantitative estimate of drug-likeness (QED) is 0.768. The highest BCUT2D eigenvalue weighted by atomic mass is 79.9. The van der Waals surface area contributed by atoms with E-state index in [1.807, 2.05) is 38.1 Å². The predicted octanol–water partition coefficient (Wildman–Crippen LogP) is 3.52. The second-order valence-corrected chi connectivity index (χ2v) is 6.15. The highest BCUT2D eigenvalue weighted by Crippen LogP contribution is 2.19. The van der Waals surface area contributed by atoms with Crippen LogP contribution in [0.4, 0.5) is 0 Å². The molecule has 0 aromatic heterocycles. The van der Waals surface area contributed by atoms with Crippen molar-refractivity contribution < 1.29 is 9.53 Å². The van der Waals surface area contributed by atoms with Crippen LogP contribution in [0.1, 0.15) is 37.0 Å². The van der Waals surface area contributed by atoms with Crippen LogP contribution in [-0.4, -0.2) is 42.5 Å². The minimum atomic E-state index is -0.0567. The fourth-order valence-corrected chi connectivity index (χ4v) is 2.95. The first-order chi connectivity index (χ1) is 9.61. The van der Waals surface area contributed by atoms with Crippen molar-refractivity contribution in [3.63, 3.8) is 0 Å². The normalized spacial score (nSPS) is 18.9. The number of carbonyl (C=O) groups excluding carboxylic acids is 1. The first-order valence-corrected chi connectivity index (χ1v) is 8.06. The van der Waals surface area contributed by atoms with E-state index in [2.05, 4.69) is 20.8 Å². The van der Waals surface area contributed by atoms with Crippen molar-refractivity contribution in [3.8, 4) is 0 Å². The van der Waals surface area contributed by atoms with Crippen LogP contribution >= 0.6 is 15.9 Å². The Hall–Kier alpha value is -0.710. The molecule has 0 amide bonds. The van der Waals surface area contributed by atoms with Crippen molar-refractivity contribution in [3.05, 3.63) is 34.3 Å². The molecule has 2 rings (SSSR count). The standard InChI is InChI=1S/C16H22BrNO2/c1-3-20-15-8-10-18(11-9-15)12(2)16(19)13-4-6-14(17)7-5-13/h4-7,12,15H,3,8-11H2,1-2H3. The van der Waals surface area contributed by atoms with Crippen molar-refractivity contribution in [2.24, 2.45) is 0 Å². The lowest BCUT2D eigenvalue weighted by Crippen LogP contribution is -2.45. The van der Waals surface area contributed by atoms with Crippen molar-refractivity contribution >= 4 is 21.7 Å². The number of carbonyl (C=O) groups is 1. The molecule has 1 aromatic rings. The molecule has 1 atom stereocenters. The van der Waals surface area contributed by atoms with Gasteiger partial charge < -0.3 is 4.74 Å². The molecule has 0 N–H and O–H groups in total. The van der Waals surface area contributed by atoms with Crippen LogP contribution in [0, 0.1) is 0 Å². The van der Waals surface area contributed by atoms with Crippen LogP contribution < -0.4 is 0 Å². The molecule has 1 fully saturated rings. The summed E-state index contributed by atoms with van der Waals surface area (Å²) in [6, 6.07) is 7.55. The van der Waals surface area contributed by atoms with Crippen LogP contribution in [0.5, 0.6) is 0 Å². The van der Waals surface area contributed by atoms with E-state index >= 15 is 0 Å². The molecule has 1 aliphatic rings. The third-order valence-corrected chi connectivity index (χ3v) is 4.46. The lowest BCUT2D eigenvalue weighted by Gasteiger charge is -2.35. The molecule has 1 saturated heterocycles. The average Bonchev–Trinajstić information content (AvgIpc) is 2.48. The Bertz CT molecular complexity index is 438.